The van der Waals surface area contributed by atoms with Crippen LogP contribution in [0.5, 0.6) is 5.75 Å². The molecule has 2 aromatic rings. The summed E-state index contributed by atoms with van der Waals surface area (Å²) in [5, 5.41) is 18.3. The van der Waals surface area contributed by atoms with Crippen LogP contribution in [-0.2, 0) is 25.6 Å². The lowest BCUT2D eigenvalue weighted by molar-refractivity contribution is -0.140. The third-order valence-electron chi connectivity index (χ3n) is 6.10. The number of ether oxygens (including phenoxy) is 1. The largest absolute Gasteiger partial charge is 0.496 e. The first kappa shape index (κ1) is 27.8. The summed E-state index contributed by atoms with van der Waals surface area (Å²) in [6, 6.07) is 3.20. The highest BCUT2D eigenvalue weighted by atomic mass is 16.5. The third kappa shape index (κ3) is 7.59. The maximum Gasteiger partial charge on any atom is 0.305 e. The molecule has 0 bridgehead atoms. The number of carboxylic acids is 1. The Kier molecular flexibility index (Phi) is 8.98. The molecule has 3 rings (SSSR count). The number of methoxy groups -OCH3 is 1. The molecule has 2 heterocycles. The predicted octanol–water partition coefficient (Wildman–Crippen LogP) is 0.970. The van der Waals surface area contributed by atoms with Crippen molar-refractivity contribution in [2.75, 3.05) is 20.2 Å². The second-order valence-electron chi connectivity index (χ2n) is 9.54. The van der Waals surface area contributed by atoms with E-state index in [1.807, 2.05) is 11.8 Å². The molecule has 2 amide bonds. The molecule has 1 saturated heterocycles. The van der Waals surface area contributed by atoms with Crippen molar-refractivity contribution in [2.45, 2.75) is 58.7 Å². The zero-order valence-corrected chi connectivity index (χ0v) is 21.6. The van der Waals surface area contributed by atoms with Crippen molar-refractivity contribution in [3.8, 4) is 17.2 Å². The number of aromatic nitrogens is 2. The van der Waals surface area contributed by atoms with Gasteiger partial charge in [0, 0.05) is 23.7 Å². The molecule has 1 aliphatic heterocycles. The van der Waals surface area contributed by atoms with Gasteiger partial charge < -0.3 is 25.0 Å². The number of carbonyl (C=O) groups excluding carboxylic acids is 3. The highest BCUT2D eigenvalue weighted by Crippen LogP contribution is 2.26. The number of carboxylic acid groups (broad SMARTS) is 1. The molecule has 1 aliphatic rings. The standard InChI is InChI=1S/C25H33N5O7/c1-13(2)23(24(35)27-18(10-22(33)34)19(31)12-30-11-14(30)3)28-21(32)9-17-8-16(6-7-20(17)36-5)25-26-15(4)29-37-25/h6-8,13-14,18,23H,9-12H2,1-5H3,(H,27,35)(H,28,32)(H,33,34)/t14?,18?,23-,30?/m0/s1. The minimum Gasteiger partial charge on any atom is -0.496 e. The molecule has 3 N–H and O–H groups in total. The summed E-state index contributed by atoms with van der Waals surface area (Å²) >= 11 is 0. The van der Waals surface area contributed by atoms with E-state index in [-0.39, 0.29) is 30.7 Å². The van der Waals surface area contributed by atoms with E-state index >= 15 is 0 Å². The monoisotopic (exact) mass is 515 g/mol. The molecule has 0 saturated carbocycles. The summed E-state index contributed by atoms with van der Waals surface area (Å²) < 4.78 is 10.6. The summed E-state index contributed by atoms with van der Waals surface area (Å²) in [4.78, 5) is 56.1. The number of nitrogens with one attached hydrogen (secondary N) is 2. The smallest absolute Gasteiger partial charge is 0.305 e. The van der Waals surface area contributed by atoms with Crippen LogP contribution in [-0.4, -0.2) is 82.0 Å². The van der Waals surface area contributed by atoms with Crippen LogP contribution in [0.4, 0.5) is 0 Å². The molecule has 3 unspecified atom stereocenters. The second kappa shape index (κ2) is 12.0. The molecule has 0 aliphatic carbocycles. The van der Waals surface area contributed by atoms with Crippen LogP contribution in [0.2, 0.25) is 0 Å². The van der Waals surface area contributed by atoms with Gasteiger partial charge in [-0.1, -0.05) is 19.0 Å². The highest BCUT2D eigenvalue weighted by molar-refractivity contribution is 5.95. The van der Waals surface area contributed by atoms with Crippen molar-refractivity contribution in [3.63, 3.8) is 0 Å². The second-order valence-corrected chi connectivity index (χ2v) is 9.54. The number of nitrogens with zero attached hydrogens (tertiary/aromatic N) is 3. The molecule has 0 radical (unpaired) electrons. The van der Waals surface area contributed by atoms with Crippen LogP contribution in [0.3, 0.4) is 0 Å². The lowest BCUT2D eigenvalue weighted by atomic mass is 10.0. The first-order chi connectivity index (χ1) is 17.5. The third-order valence-corrected chi connectivity index (χ3v) is 6.10. The molecule has 0 spiro atoms. The van der Waals surface area contributed by atoms with Gasteiger partial charge in [-0.15, -0.1) is 0 Å². The number of carbonyl (C=O) groups is 4. The van der Waals surface area contributed by atoms with Gasteiger partial charge in [0.05, 0.1) is 32.5 Å². The topological polar surface area (TPSA) is 164 Å². The minimum atomic E-state index is -1.20. The number of aryl methyl sites for hydroxylation is 1. The first-order valence-corrected chi connectivity index (χ1v) is 12.0. The van der Waals surface area contributed by atoms with Gasteiger partial charge in [0.25, 0.3) is 5.89 Å². The summed E-state index contributed by atoms with van der Waals surface area (Å²) in [6.45, 7) is 7.95. The van der Waals surface area contributed by atoms with E-state index in [1.165, 1.54) is 7.11 Å². The SMILES string of the molecule is COc1ccc(-c2nc(C)no2)cc1CC(=O)N[C@H](C(=O)NC(CC(=O)O)C(=O)CN1CC1C)C(C)C. The molecule has 200 valence electrons. The number of hydrogen-bond donors (Lipinski definition) is 3. The fraction of sp³-hybridized carbons (Fsp3) is 0.520. The van der Waals surface area contributed by atoms with Gasteiger partial charge in [0.15, 0.2) is 11.6 Å². The Labute approximate surface area is 214 Å². The van der Waals surface area contributed by atoms with Gasteiger partial charge in [-0.3, -0.25) is 24.1 Å². The molecule has 12 nitrogen and oxygen atoms in total. The van der Waals surface area contributed by atoms with E-state index in [0.717, 1.165) is 6.54 Å². The fourth-order valence-electron chi connectivity index (χ4n) is 3.90. The Morgan fingerprint density at radius 3 is 2.49 bits per heavy atom. The van der Waals surface area contributed by atoms with Crippen molar-refractivity contribution in [1.29, 1.82) is 0 Å². The van der Waals surface area contributed by atoms with Gasteiger partial charge in [-0.2, -0.15) is 4.98 Å². The number of ketones is 1. The first-order valence-electron chi connectivity index (χ1n) is 12.0. The Balaban J connectivity index is 1.70. The maximum atomic E-state index is 13.1. The lowest BCUT2D eigenvalue weighted by Gasteiger charge is -2.25. The Morgan fingerprint density at radius 1 is 1.24 bits per heavy atom. The van der Waals surface area contributed by atoms with Gasteiger partial charge in [0.1, 0.15) is 11.8 Å². The molecular weight excluding hydrogens is 482 g/mol. The van der Waals surface area contributed by atoms with Crippen LogP contribution in [0, 0.1) is 12.8 Å². The van der Waals surface area contributed by atoms with Crippen molar-refractivity contribution in [2.24, 2.45) is 5.92 Å². The summed E-state index contributed by atoms with van der Waals surface area (Å²) in [6.07, 6.45) is -0.643. The number of amides is 2. The molecule has 12 heteroatoms. The van der Waals surface area contributed by atoms with Crippen molar-refractivity contribution in [1.82, 2.24) is 25.7 Å². The highest BCUT2D eigenvalue weighted by Gasteiger charge is 2.35. The minimum absolute atomic E-state index is 0.0633. The van der Waals surface area contributed by atoms with Crippen LogP contribution in [0.1, 0.15) is 38.6 Å². The van der Waals surface area contributed by atoms with Crippen LogP contribution in [0.25, 0.3) is 11.5 Å². The van der Waals surface area contributed by atoms with Crippen LogP contribution >= 0.6 is 0 Å². The predicted molar refractivity (Wildman–Crippen MR) is 132 cm³/mol. The number of benzene rings is 1. The van der Waals surface area contributed by atoms with Gasteiger partial charge in [0.2, 0.25) is 11.8 Å². The average Bonchev–Trinajstić information content (AvgIpc) is 3.33. The Bertz CT molecular complexity index is 1160. The quantitative estimate of drug-likeness (QED) is 0.327. The lowest BCUT2D eigenvalue weighted by Crippen LogP contribution is -2.55. The van der Waals surface area contributed by atoms with Gasteiger partial charge >= 0.3 is 5.97 Å². The van der Waals surface area contributed by atoms with E-state index < -0.39 is 36.3 Å². The Hall–Kier alpha value is -3.80. The van der Waals surface area contributed by atoms with Crippen LogP contribution in [0.15, 0.2) is 22.7 Å². The zero-order valence-electron chi connectivity index (χ0n) is 21.6. The number of rotatable bonds is 13. The molecule has 1 aromatic heterocycles. The van der Waals surface area contributed by atoms with E-state index in [1.54, 1.807) is 39.0 Å². The van der Waals surface area contributed by atoms with Crippen molar-refractivity contribution >= 4 is 23.6 Å². The molecule has 37 heavy (non-hydrogen) atoms. The number of hydrogen-bond acceptors (Lipinski definition) is 9. The van der Waals surface area contributed by atoms with Crippen LogP contribution < -0.4 is 15.4 Å². The van der Waals surface area contributed by atoms with E-state index in [9.17, 15) is 24.3 Å². The van der Waals surface area contributed by atoms with E-state index in [2.05, 4.69) is 20.8 Å². The Morgan fingerprint density at radius 2 is 1.95 bits per heavy atom. The molecule has 1 aromatic carbocycles. The fourth-order valence-corrected chi connectivity index (χ4v) is 3.90. The van der Waals surface area contributed by atoms with Gasteiger partial charge in [-0.25, -0.2) is 0 Å². The zero-order chi connectivity index (χ0) is 27.3. The van der Waals surface area contributed by atoms with E-state index in [0.29, 0.717) is 28.6 Å². The van der Waals surface area contributed by atoms with Crippen molar-refractivity contribution in [3.05, 3.63) is 29.6 Å². The molecule has 1 fully saturated rings. The maximum absolute atomic E-state index is 13.1. The number of aliphatic carboxylic acids is 1. The normalized spacial score (nSPS) is 18.1. The number of Topliss-reactive ketones (excluding diaryl/α,β-unsaturated/α-hetero) is 1. The summed E-state index contributed by atoms with van der Waals surface area (Å²) in [7, 11) is 1.48. The summed E-state index contributed by atoms with van der Waals surface area (Å²) in [5.74, 6) is -1.75. The molecular formula is C25H33N5O7. The van der Waals surface area contributed by atoms with Gasteiger partial charge in [-0.05, 0) is 38.0 Å². The summed E-state index contributed by atoms with van der Waals surface area (Å²) in [5.41, 5.74) is 1.15. The van der Waals surface area contributed by atoms with Crippen molar-refractivity contribution < 1.29 is 33.5 Å². The van der Waals surface area contributed by atoms with E-state index in [4.69, 9.17) is 9.26 Å². The molecule has 4 atom stereocenters. The average molecular weight is 516 g/mol.